The first-order valence-corrected chi connectivity index (χ1v) is 22.6. The molecule has 2 fully saturated rings. The molecule has 4 aliphatic heterocycles. The molecular weight excluding hydrogens is 831 g/mol. The van der Waals surface area contributed by atoms with Gasteiger partial charge in [0.15, 0.2) is 5.13 Å². The molecule has 0 spiro atoms. The van der Waals surface area contributed by atoms with Crippen LogP contribution in [0.4, 0.5) is 16.5 Å². The zero-order chi connectivity index (χ0) is 44.5. The Balaban J connectivity index is 0.705. The monoisotopic (exact) mass is 879 g/mol. The molecule has 0 bridgehead atoms. The summed E-state index contributed by atoms with van der Waals surface area (Å²) in [5, 5.41) is 5.77. The number of rotatable bonds is 13. The van der Waals surface area contributed by atoms with Crippen molar-refractivity contribution in [3.8, 4) is 17.0 Å². The Kier molecular flexibility index (Phi) is 12.1. The molecule has 1 unspecified atom stereocenters. The molecule has 4 aliphatic rings. The molecule has 1 atom stereocenters. The first kappa shape index (κ1) is 42.6. The maximum Gasteiger partial charge on any atom is 0.262 e. The molecule has 64 heavy (non-hydrogen) atoms. The number of nitrogens with one attached hydrogen (secondary N) is 2. The minimum atomic E-state index is -0.983. The number of benzene rings is 4. The van der Waals surface area contributed by atoms with Crippen LogP contribution in [-0.4, -0.2) is 102 Å². The molecule has 4 aromatic carbocycles. The van der Waals surface area contributed by atoms with Crippen LogP contribution in [0.25, 0.3) is 11.3 Å². The molecular formula is C49H49N7O7S. The zero-order valence-corrected chi connectivity index (χ0v) is 36.7. The van der Waals surface area contributed by atoms with Crippen LogP contribution in [-0.2, 0) is 27.2 Å². The number of hydrogen-bond donors (Lipinski definition) is 2. The van der Waals surface area contributed by atoms with Crippen molar-refractivity contribution in [1.82, 2.24) is 20.1 Å². The third-order valence-electron chi connectivity index (χ3n) is 12.5. The van der Waals surface area contributed by atoms with E-state index in [0.717, 1.165) is 107 Å². The number of aromatic nitrogens is 1. The fraction of sp³-hybridized carbons (Fsp3) is 0.327. The topological polar surface area (TPSA) is 162 Å². The minimum absolute atomic E-state index is 0.0119. The molecule has 0 radical (unpaired) electrons. The highest BCUT2D eigenvalue weighted by Crippen LogP contribution is 2.37. The third-order valence-corrected chi connectivity index (χ3v) is 13.4. The quantitative estimate of drug-likeness (QED) is 0.103. The van der Waals surface area contributed by atoms with Crippen molar-refractivity contribution >= 4 is 63.3 Å². The first-order valence-electron chi connectivity index (χ1n) is 21.8. The van der Waals surface area contributed by atoms with Crippen molar-refractivity contribution in [3.63, 3.8) is 0 Å². The maximum absolute atomic E-state index is 13.4. The highest BCUT2D eigenvalue weighted by atomic mass is 32.1. The smallest absolute Gasteiger partial charge is 0.262 e. The number of anilines is 3. The minimum Gasteiger partial charge on any atom is -0.494 e. The van der Waals surface area contributed by atoms with Gasteiger partial charge >= 0.3 is 0 Å². The number of nitrogens with zero attached hydrogens (tertiary/aromatic N) is 5. The lowest BCUT2D eigenvalue weighted by atomic mass is 10.0. The molecule has 0 saturated carbocycles. The van der Waals surface area contributed by atoms with Gasteiger partial charge in [-0.2, -0.15) is 0 Å². The van der Waals surface area contributed by atoms with Crippen LogP contribution in [0.5, 0.6) is 5.75 Å². The van der Waals surface area contributed by atoms with E-state index >= 15 is 0 Å². The molecule has 5 aromatic rings. The van der Waals surface area contributed by atoms with Crippen molar-refractivity contribution in [3.05, 3.63) is 123 Å². The summed E-state index contributed by atoms with van der Waals surface area (Å²) in [5.41, 5.74) is 7.76. The van der Waals surface area contributed by atoms with Gasteiger partial charge in [0.05, 0.1) is 29.8 Å². The number of carbonyl (C=O) groups is 6. The SMILES string of the molecule is Cc1ccccc1C(=O)N1CCc2cc(-c3nc(NC(=O)Cc4cccc(OCCCCN5CCN(c6ccc7c(c6)C(=O)N(C6CCC(=O)NC6=O)C7=O)CC5)c4)sc3C)ccc21. The molecule has 9 rings (SSSR count). The fourth-order valence-electron chi connectivity index (χ4n) is 9.04. The molecule has 328 valence electrons. The molecule has 2 saturated heterocycles. The van der Waals surface area contributed by atoms with E-state index < -0.39 is 29.7 Å². The highest BCUT2D eigenvalue weighted by molar-refractivity contribution is 7.16. The van der Waals surface area contributed by atoms with Crippen molar-refractivity contribution in [1.29, 1.82) is 0 Å². The number of piperazine rings is 1. The van der Waals surface area contributed by atoms with Crippen LogP contribution in [0.2, 0.25) is 0 Å². The number of ether oxygens (including phenoxy) is 1. The number of thiazole rings is 1. The predicted octanol–water partition coefficient (Wildman–Crippen LogP) is 6.19. The summed E-state index contributed by atoms with van der Waals surface area (Å²) >= 11 is 1.44. The lowest BCUT2D eigenvalue weighted by Gasteiger charge is -2.36. The van der Waals surface area contributed by atoms with E-state index in [1.807, 2.05) is 85.5 Å². The fourth-order valence-corrected chi connectivity index (χ4v) is 9.89. The Hall–Kier alpha value is -6.71. The van der Waals surface area contributed by atoms with Crippen molar-refractivity contribution < 1.29 is 33.5 Å². The summed E-state index contributed by atoms with van der Waals surface area (Å²) < 4.78 is 6.09. The molecule has 6 amide bonds. The van der Waals surface area contributed by atoms with Gasteiger partial charge in [-0.3, -0.25) is 43.9 Å². The second-order valence-electron chi connectivity index (χ2n) is 16.7. The number of piperidine rings is 1. The van der Waals surface area contributed by atoms with E-state index in [9.17, 15) is 28.8 Å². The third kappa shape index (κ3) is 8.77. The summed E-state index contributed by atoms with van der Waals surface area (Å²) in [5.74, 6) is -1.44. The molecule has 15 heteroatoms. The lowest BCUT2D eigenvalue weighted by molar-refractivity contribution is -0.136. The standard InChI is InChI=1S/C49H49N7O7S/c1-30-8-3-4-11-37(30)46(60)55-20-18-33-28-34(12-15-40(33)55)44-31(2)64-49(52-44)51-43(58)27-32-9-7-10-36(26-32)63-25-6-5-19-53-21-23-54(24-22-53)35-13-14-38-39(29-35)48(62)56(47(38)61)41-16-17-42(57)50-45(41)59/h3-4,7-15,26,28-29,41H,5-6,16-25,27H2,1-2H3,(H,50,57,59)(H,51,52,58). The first-order chi connectivity index (χ1) is 31.0. The van der Waals surface area contributed by atoms with E-state index in [1.54, 1.807) is 12.1 Å². The Bertz CT molecular complexity index is 2690. The van der Waals surface area contributed by atoms with Crippen LogP contribution < -0.4 is 25.2 Å². The lowest BCUT2D eigenvalue weighted by Crippen LogP contribution is -2.54. The molecule has 1 aromatic heterocycles. The number of hydrogen-bond acceptors (Lipinski definition) is 11. The van der Waals surface area contributed by atoms with E-state index in [1.165, 1.54) is 11.3 Å². The summed E-state index contributed by atoms with van der Waals surface area (Å²) in [4.78, 5) is 90.2. The summed E-state index contributed by atoms with van der Waals surface area (Å²) in [7, 11) is 0. The number of unbranched alkanes of at least 4 members (excludes halogenated alkanes) is 1. The molecule has 0 aliphatic carbocycles. The van der Waals surface area contributed by atoms with Gasteiger partial charge in [0.1, 0.15) is 11.8 Å². The van der Waals surface area contributed by atoms with Gasteiger partial charge in [-0.15, -0.1) is 11.3 Å². The van der Waals surface area contributed by atoms with E-state index in [0.29, 0.717) is 29.4 Å². The summed E-state index contributed by atoms with van der Waals surface area (Å²) in [6.07, 6.45) is 2.99. The van der Waals surface area contributed by atoms with Gasteiger partial charge in [-0.25, -0.2) is 4.98 Å². The van der Waals surface area contributed by atoms with Crippen LogP contribution in [0.15, 0.2) is 84.9 Å². The Morgan fingerprint density at radius 1 is 0.844 bits per heavy atom. The van der Waals surface area contributed by atoms with E-state index in [2.05, 4.69) is 26.5 Å². The summed E-state index contributed by atoms with van der Waals surface area (Å²) in [6.45, 7) is 9.31. The van der Waals surface area contributed by atoms with Gasteiger partial charge in [-0.05, 0) is 111 Å². The number of carbonyl (C=O) groups excluding carboxylic acids is 6. The van der Waals surface area contributed by atoms with Crippen LogP contribution in [0, 0.1) is 13.8 Å². The van der Waals surface area contributed by atoms with Gasteiger partial charge in [-0.1, -0.05) is 36.4 Å². The highest BCUT2D eigenvalue weighted by Gasteiger charge is 2.45. The molecule has 14 nitrogen and oxygen atoms in total. The van der Waals surface area contributed by atoms with Crippen LogP contribution >= 0.6 is 11.3 Å². The van der Waals surface area contributed by atoms with Crippen molar-refractivity contribution in [2.24, 2.45) is 0 Å². The Morgan fingerprint density at radius 3 is 2.47 bits per heavy atom. The zero-order valence-electron chi connectivity index (χ0n) is 35.9. The summed E-state index contributed by atoms with van der Waals surface area (Å²) in [6, 6.07) is 25.7. The average molecular weight is 880 g/mol. The van der Waals surface area contributed by atoms with Gasteiger partial charge in [0, 0.05) is 66.5 Å². The number of amides is 6. The molecule has 5 heterocycles. The van der Waals surface area contributed by atoms with Crippen LogP contribution in [0.3, 0.4) is 0 Å². The Labute approximate surface area is 375 Å². The predicted molar refractivity (Wildman–Crippen MR) is 244 cm³/mol. The maximum atomic E-state index is 13.4. The molecule has 2 N–H and O–H groups in total. The second-order valence-corrected chi connectivity index (χ2v) is 17.9. The van der Waals surface area contributed by atoms with Gasteiger partial charge in [0.2, 0.25) is 17.7 Å². The number of fused-ring (bicyclic) bond motifs is 2. The number of imide groups is 2. The number of aryl methyl sites for hydroxylation is 2. The van der Waals surface area contributed by atoms with Crippen molar-refractivity contribution in [2.75, 3.05) is 61.0 Å². The largest absolute Gasteiger partial charge is 0.494 e. The van der Waals surface area contributed by atoms with E-state index in [-0.39, 0.29) is 36.6 Å². The second kappa shape index (κ2) is 18.2. The van der Waals surface area contributed by atoms with Crippen LogP contribution in [0.1, 0.15) is 78.3 Å². The van der Waals surface area contributed by atoms with Crippen molar-refractivity contribution in [2.45, 2.75) is 58.4 Å². The van der Waals surface area contributed by atoms with Gasteiger partial charge < -0.3 is 19.9 Å². The Morgan fingerprint density at radius 2 is 1.66 bits per heavy atom. The van der Waals surface area contributed by atoms with Gasteiger partial charge in [0.25, 0.3) is 17.7 Å². The normalized spacial score (nSPS) is 17.4. The average Bonchev–Trinajstić information content (AvgIpc) is 3.95. The van der Waals surface area contributed by atoms with E-state index in [4.69, 9.17) is 9.72 Å².